The Kier molecular flexibility index (Phi) is 9.15. The molecule has 54 heavy (non-hydrogen) atoms. The summed E-state index contributed by atoms with van der Waals surface area (Å²) in [6, 6.07) is 41.0. The predicted octanol–water partition coefficient (Wildman–Crippen LogP) is 11.2. The van der Waals surface area contributed by atoms with E-state index in [0.29, 0.717) is 17.9 Å². The summed E-state index contributed by atoms with van der Waals surface area (Å²) >= 11 is 0. The van der Waals surface area contributed by atoms with Crippen LogP contribution < -0.4 is 20.9 Å². The van der Waals surface area contributed by atoms with E-state index in [1.54, 1.807) is 5.56 Å². The van der Waals surface area contributed by atoms with Crippen molar-refractivity contribution in [3.63, 3.8) is 0 Å². The van der Waals surface area contributed by atoms with Crippen molar-refractivity contribution in [1.82, 2.24) is 16.0 Å². The molecule has 282 valence electrons. The number of rotatable bonds is 5. The molecule has 8 rings (SSSR count). The predicted molar refractivity (Wildman–Crippen MR) is 227 cm³/mol. The summed E-state index contributed by atoms with van der Waals surface area (Å²) in [5, 5.41) is 12.6. The molecule has 1 fully saturated rings. The van der Waals surface area contributed by atoms with Gasteiger partial charge in [0.1, 0.15) is 0 Å². The van der Waals surface area contributed by atoms with Crippen LogP contribution in [-0.4, -0.2) is 17.7 Å². The van der Waals surface area contributed by atoms with Crippen LogP contribution in [0, 0.1) is 16.7 Å². The standard InChI is InChI=1S/C50H62N4/c1-46(2,3)38-26-28-42-40(31-38)41-32-39(47(4,5)6)27-29-43(41)54(42)44-30-25-36(34-19-13-10-14-20-34)33-48(44,7)50(9)52-45(35-21-15-11-16-22-35)51-49(8,53-50)37-23-17-12-18-24-37/h10-24,26-29,31,33,39,41,43-45,51-53H,25,30,32H2,1-9H3/t39?,41-,43?,44+,45?,48+,49?,50?/m1/s1. The van der Waals surface area contributed by atoms with E-state index in [2.05, 4.69) is 211 Å². The average Bonchev–Trinajstić information content (AvgIpc) is 3.48. The van der Waals surface area contributed by atoms with Crippen molar-refractivity contribution in [2.24, 2.45) is 16.7 Å². The molecule has 4 aromatic rings. The fraction of sp³-hybridized carbons (Fsp3) is 0.440. The van der Waals surface area contributed by atoms with Gasteiger partial charge in [0.05, 0.1) is 23.5 Å². The second-order valence-corrected chi connectivity index (χ2v) is 19.4. The van der Waals surface area contributed by atoms with Gasteiger partial charge in [0.2, 0.25) is 0 Å². The number of fused-ring (bicyclic) bond motifs is 3. The van der Waals surface area contributed by atoms with Crippen LogP contribution in [-0.2, 0) is 11.1 Å². The Morgan fingerprint density at radius 2 is 1.37 bits per heavy atom. The zero-order valence-corrected chi connectivity index (χ0v) is 34.1. The van der Waals surface area contributed by atoms with Gasteiger partial charge in [-0.15, -0.1) is 0 Å². The molecule has 2 aliphatic carbocycles. The lowest BCUT2D eigenvalue weighted by Crippen LogP contribution is -2.80. The smallest absolute Gasteiger partial charge is 0.0949 e. The molecule has 5 unspecified atom stereocenters. The highest BCUT2D eigenvalue weighted by atomic mass is 15.4. The molecule has 0 aromatic heterocycles. The summed E-state index contributed by atoms with van der Waals surface area (Å²) in [4.78, 5) is 2.88. The number of hydrogen-bond donors (Lipinski definition) is 3. The third-order valence-electron chi connectivity index (χ3n) is 13.7. The highest BCUT2D eigenvalue weighted by Crippen LogP contribution is 2.57. The third kappa shape index (κ3) is 6.38. The van der Waals surface area contributed by atoms with Gasteiger partial charge in [0, 0.05) is 23.1 Å². The highest BCUT2D eigenvalue weighted by molar-refractivity contribution is 5.71. The molecule has 0 bridgehead atoms. The normalized spacial score (nSPS) is 32.5. The maximum Gasteiger partial charge on any atom is 0.0949 e. The minimum absolute atomic E-state index is 0.0780. The van der Waals surface area contributed by atoms with Crippen LogP contribution in [0.15, 0.2) is 127 Å². The largest absolute Gasteiger partial charge is 0.360 e. The van der Waals surface area contributed by atoms with E-state index in [-0.39, 0.29) is 28.5 Å². The van der Waals surface area contributed by atoms with Crippen molar-refractivity contribution in [3.05, 3.63) is 155 Å². The number of hydrogen-bond acceptors (Lipinski definition) is 4. The zero-order chi connectivity index (χ0) is 38.1. The first-order valence-electron chi connectivity index (χ1n) is 20.4. The highest BCUT2D eigenvalue weighted by Gasteiger charge is 2.59. The van der Waals surface area contributed by atoms with E-state index in [9.17, 15) is 0 Å². The zero-order valence-electron chi connectivity index (χ0n) is 34.1. The van der Waals surface area contributed by atoms with Crippen LogP contribution in [0.4, 0.5) is 5.69 Å². The van der Waals surface area contributed by atoms with Gasteiger partial charge < -0.3 is 4.90 Å². The average molecular weight is 719 g/mol. The maximum absolute atomic E-state index is 4.30. The first-order valence-corrected chi connectivity index (χ1v) is 20.4. The minimum Gasteiger partial charge on any atom is -0.360 e. The monoisotopic (exact) mass is 718 g/mol. The summed E-state index contributed by atoms with van der Waals surface area (Å²) in [6.07, 6.45) is 11.0. The Bertz CT molecular complexity index is 2020. The molecule has 8 atom stereocenters. The first kappa shape index (κ1) is 37.0. The van der Waals surface area contributed by atoms with Gasteiger partial charge in [0.25, 0.3) is 0 Å². The molecule has 2 heterocycles. The van der Waals surface area contributed by atoms with Crippen molar-refractivity contribution >= 4 is 11.3 Å². The van der Waals surface area contributed by atoms with Crippen molar-refractivity contribution < 1.29 is 0 Å². The van der Waals surface area contributed by atoms with Gasteiger partial charge in [-0.1, -0.05) is 170 Å². The number of anilines is 1. The molecule has 0 saturated carbocycles. The first-order chi connectivity index (χ1) is 25.6. The Labute approximate surface area is 325 Å². The number of nitrogens with one attached hydrogen (secondary N) is 3. The molecular formula is C50H62N4. The summed E-state index contributed by atoms with van der Waals surface area (Å²) in [6.45, 7) is 21.6. The van der Waals surface area contributed by atoms with Gasteiger partial charge >= 0.3 is 0 Å². The fourth-order valence-electron chi connectivity index (χ4n) is 10.3. The summed E-state index contributed by atoms with van der Waals surface area (Å²) in [5.74, 6) is 0.990. The topological polar surface area (TPSA) is 39.3 Å². The molecular weight excluding hydrogens is 657 g/mol. The van der Waals surface area contributed by atoms with Crippen molar-refractivity contribution in [2.75, 3.05) is 4.90 Å². The Balaban J connectivity index is 1.32. The van der Waals surface area contributed by atoms with E-state index < -0.39 is 11.3 Å². The lowest BCUT2D eigenvalue weighted by molar-refractivity contribution is -0.0192. The summed E-state index contributed by atoms with van der Waals surface area (Å²) < 4.78 is 0. The molecule has 4 aliphatic rings. The number of benzene rings is 4. The van der Waals surface area contributed by atoms with Gasteiger partial charge in [-0.05, 0) is 89.3 Å². The molecule has 0 radical (unpaired) electrons. The van der Waals surface area contributed by atoms with Gasteiger partial charge in [-0.3, -0.25) is 16.0 Å². The maximum atomic E-state index is 4.30. The Morgan fingerprint density at radius 3 is 2.02 bits per heavy atom. The number of allylic oxidation sites excluding steroid dienone is 2. The van der Waals surface area contributed by atoms with Crippen molar-refractivity contribution in [2.45, 2.75) is 122 Å². The summed E-state index contributed by atoms with van der Waals surface area (Å²) in [5.41, 5.74) is 8.52. The van der Waals surface area contributed by atoms with Crippen molar-refractivity contribution in [1.29, 1.82) is 0 Å². The minimum atomic E-state index is -0.537. The van der Waals surface area contributed by atoms with Crippen LogP contribution in [0.5, 0.6) is 0 Å². The third-order valence-corrected chi connectivity index (χ3v) is 13.7. The molecule has 1 saturated heterocycles. The molecule has 0 spiro atoms. The van der Waals surface area contributed by atoms with E-state index in [1.165, 1.54) is 39.9 Å². The van der Waals surface area contributed by atoms with Crippen LogP contribution in [0.2, 0.25) is 0 Å². The van der Waals surface area contributed by atoms with Crippen LogP contribution in [0.3, 0.4) is 0 Å². The SMILES string of the molecule is CC(C)(C)c1ccc2c(c1)[C@H]1CC(C(C)(C)C)C=CC1N2[C@H]1CCC(c2ccccc2)=C[C@]1(C)C1(C)NC(c2ccccc2)NC(C)(c2ccccc2)N1. The Morgan fingerprint density at radius 1 is 0.722 bits per heavy atom. The van der Waals surface area contributed by atoms with E-state index in [0.717, 1.165) is 12.8 Å². The van der Waals surface area contributed by atoms with Crippen molar-refractivity contribution in [3.8, 4) is 0 Å². The summed E-state index contributed by atoms with van der Waals surface area (Å²) in [7, 11) is 0. The van der Waals surface area contributed by atoms with Gasteiger partial charge in [-0.25, -0.2) is 0 Å². The van der Waals surface area contributed by atoms with Crippen LogP contribution in [0.25, 0.3) is 5.57 Å². The molecule has 0 amide bonds. The van der Waals surface area contributed by atoms with E-state index >= 15 is 0 Å². The molecule has 4 nitrogen and oxygen atoms in total. The van der Waals surface area contributed by atoms with Gasteiger partial charge in [0.15, 0.2) is 0 Å². The molecule has 3 N–H and O–H groups in total. The fourth-order valence-corrected chi connectivity index (χ4v) is 10.3. The lowest BCUT2D eigenvalue weighted by Gasteiger charge is -2.62. The van der Waals surface area contributed by atoms with E-state index in [1.807, 2.05) is 0 Å². The van der Waals surface area contributed by atoms with Gasteiger partial charge in [-0.2, -0.15) is 0 Å². The molecule has 4 aromatic carbocycles. The second-order valence-electron chi connectivity index (χ2n) is 19.4. The van der Waals surface area contributed by atoms with Crippen LogP contribution >= 0.6 is 0 Å². The Hall–Kier alpha value is -3.96. The lowest BCUT2D eigenvalue weighted by atomic mass is 9.63. The molecule has 4 heteroatoms. The van der Waals surface area contributed by atoms with Crippen LogP contribution in [0.1, 0.15) is 121 Å². The van der Waals surface area contributed by atoms with E-state index in [4.69, 9.17) is 0 Å². The quantitative estimate of drug-likeness (QED) is 0.180. The molecule has 2 aliphatic heterocycles. The second kappa shape index (κ2) is 13.4. The number of nitrogens with zero attached hydrogens (tertiary/aromatic N) is 1.